The highest BCUT2D eigenvalue weighted by molar-refractivity contribution is 5.71. The van der Waals surface area contributed by atoms with E-state index < -0.39 is 6.10 Å². The van der Waals surface area contributed by atoms with E-state index in [1.165, 1.54) is 315 Å². The molecule has 6 nitrogen and oxygen atoms in total. The molecule has 0 saturated heterocycles. The molecule has 0 amide bonds. The van der Waals surface area contributed by atoms with Gasteiger partial charge in [-0.15, -0.1) is 0 Å². The molecule has 6 heteroatoms. The number of hydrogen-bond acceptors (Lipinski definition) is 6. The third-order valence-electron chi connectivity index (χ3n) is 16.9. The first kappa shape index (κ1) is 78.9. The number of carbonyl (C=O) groups is 3. The molecule has 0 aliphatic rings. The zero-order chi connectivity index (χ0) is 58.5. The molecule has 0 spiro atoms. The van der Waals surface area contributed by atoms with E-state index in [1.807, 2.05) is 0 Å². The van der Waals surface area contributed by atoms with Crippen molar-refractivity contribution in [3.63, 3.8) is 0 Å². The fourth-order valence-corrected chi connectivity index (χ4v) is 11.4. The molecule has 1 atom stereocenters. The summed E-state index contributed by atoms with van der Waals surface area (Å²) in [6.45, 7) is 6.71. The Balaban J connectivity index is 4.23. The summed E-state index contributed by atoms with van der Waals surface area (Å²) in [4.78, 5) is 38.5. The number of allylic oxidation sites excluding steroid dienone is 4. The van der Waals surface area contributed by atoms with Gasteiger partial charge in [-0.1, -0.05) is 353 Å². The minimum absolute atomic E-state index is 0.0691. The van der Waals surface area contributed by atoms with Crippen molar-refractivity contribution < 1.29 is 28.6 Å². The first-order valence-electron chi connectivity index (χ1n) is 36.8. The third-order valence-corrected chi connectivity index (χ3v) is 16.9. The van der Waals surface area contributed by atoms with E-state index in [-0.39, 0.29) is 31.1 Å². The van der Waals surface area contributed by atoms with Crippen LogP contribution in [0.2, 0.25) is 0 Å². The summed E-state index contributed by atoms with van der Waals surface area (Å²) in [7, 11) is 0. The molecule has 1 unspecified atom stereocenters. The Kier molecular flexibility index (Phi) is 68.5. The van der Waals surface area contributed by atoms with Crippen molar-refractivity contribution >= 4 is 17.9 Å². The number of unbranched alkanes of at least 4 members (excludes halogenated alkanes) is 54. The minimum atomic E-state index is -0.774. The molecule has 0 aliphatic carbocycles. The molecule has 0 bridgehead atoms. The Hall–Kier alpha value is -2.11. The topological polar surface area (TPSA) is 78.9 Å². The molecular weight excluding hydrogens is 997 g/mol. The SMILES string of the molecule is CCCCCCCC/C=C\CCCCCCCC(=O)OCC(COC(=O)CCCCCCCCCCCCCCCCCCCCCCCCCCCCC)OC(=O)CCCCCCCCCCC/C=C\CCCCCCCCCC. The summed E-state index contributed by atoms with van der Waals surface area (Å²) in [5.41, 5.74) is 0. The Bertz CT molecular complexity index is 1310. The van der Waals surface area contributed by atoms with Gasteiger partial charge in [-0.25, -0.2) is 0 Å². The Morgan fingerprint density at radius 2 is 0.407 bits per heavy atom. The lowest BCUT2D eigenvalue weighted by atomic mass is 10.0. The van der Waals surface area contributed by atoms with Crippen LogP contribution >= 0.6 is 0 Å². The highest BCUT2D eigenvalue weighted by Gasteiger charge is 2.19. The summed E-state index contributed by atoms with van der Waals surface area (Å²) in [5.74, 6) is -0.847. The maximum absolute atomic E-state index is 13.0. The van der Waals surface area contributed by atoms with E-state index >= 15 is 0 Å². The molecule has 0 N–H and O–H groups in total. The van der Waals surface area contributed by atoms with Crippen LogP contribution in [0.25, 0.3) is 0 Å². The number of rotatable bonds is 69. The monoisotopic (exact) mass is 1140 g/mol. The molecule has 0 rings (SSSR count). The van der Waals surface area contributed by atoms with Crippen molar-refractivity contribution in [3.8, 4) is 0 Å². The predicted octanol–water partition coefficient (Wildman–Crippen LogP) is 25.3. The molecule has 0 saturated carbocycles. The van der Waals surface area contributed by atoms with Crippen molar-refractivity contribution in [2.75, 3.05) is 13.2 Å². The molecule has 0 fully saturated rings. The van der Waals surface area contributed by atoms with Crippen LogP contribution in [-0.2, 0) is 28.6 Å². The van der Waals surface area contributed by atoms with Crippen LogP contribution in [0.5, 0.6) is 0 Å². The normalized spacial score (nSPS) is 12.1. The van der Waals surface area contributed by atoms with Gasteiger partial charge in [0.15, 0.2) is 6.10 Å². The van der Waals surface area contributed by atoms with Gasteiger partial charge in [-0.3, -0.25) is 14.4 Å². The van der Waals surface area contributed by atoms with E-state index in [0.29, 0.717) is 19.3 Å². The van der Waals surface area contributed by atoms with Gasteiger partial charge in [-0.05, 0) is 70.6 Å². The molecule has 0 aromatic carbocycles. The van der Waals surface area contributed by atoms with Crippen molar-refractivity contribution in [2.24, 2.45) is 0 Å². The Morgan fingerprint density at radius 3 is 0.617 bits per heavy atom. The molecule has 0 heterocycles. The predicted molar refractivity (Wildman–Crippen MR) is 353 cm³/mol. The van der Waals surface area contributed by atoms with Crippen LogP contribution < -0.4 is 0 Å². The second-order valence-corrected chi connectivity index (χ2v) is 25.2. The van der Waals surface area contributed by atoms with Crippen LogP contribution in [0.1, 0.15) is 419 Å². The maximum atomic E-state index is 13.0. The highest BCUT2D eigenvalue weighted by atomic mass is 16.6. The van der Waals surface area contributed by atoms with E-state index in [2.05, 4.69) is 45.1 Å². The summed E-state index contributed by atoms with van der Waals surface area (Å²) >= 11 is 0. The fourth-order valence-electron chi connectivity index (χ4n) is 11.4. The van der Waals surface area contributed by atoms with E-state index in [4.69, 9.17) is 14.2 Å². The molecule has 0 aliphatic heterocycles. The number of esters is 3. The standard InChI is InChI=1S/C75H142O6/c1-4-7-10-13-16-19-22-25-28-30-32-34-35-36-37-38-39-41-42-44-47-50-53-56-59-62-65-68-74(77)80-71-72(70-79-73(76)67-64-61-58-55-52-49-46-27-24-21-18-15-12-9-6-3)81-75(78)69-66-63-60-57-54-51-48-45-43-40-33-31-29-26-23-20-17-14-11-8-5-2/h27,31,33,46,72H,4-26,28-30,32,34-45,47-71H2,1-3H3/b33-31-,46-27-. The van der Waals surface area contributed by atoms with Gasteiger partial charge in [0.05, 0.1) is 0 Å². The number of ether oxygens (including phenoxy) is 3. The number of carbonyl (C=O) groups excluding carboxylic acids is 3. The van der Waals surface area contributed by atoms with E-state index in [9.17, 15) is 14.4 Å². The average Bonchev–Trinajstić information content (AvgIpc) is 3.47. The van der Waals surface area contributed by atoms with E-state index in [0.717, 1.165) is 64.2 Å². The lowest BCUT2D eigenvalue weighted by molar-refractivity contribution is -0.167. The second-order valence-electron chi connectivity index (χ2n) is 25.2. The van der Waals surface area contributed by atoms with E-state index in [1.54, 1.807) is 0 Å². The summed E-state index contributed by atoms with van der Waals surface area (Å²) in [6.07, 6.45) is 86.5. The fraction of sp³-hybridized carbons (Fsp3) is 0.907. The minimum Gasteiger partial charge on any atom is -0.462 e. The van der Waals surface area contributed by atoms with Gasteiger partial charge < -0.3 is 14.2 Å². The molecule has 81 heavy (non-hydrogen) atoms. The van der Waals surface area contributed by atoms with Crippen LogP contribution in [0, 0.1) is 0 Å². The van der Waals surface area contributed by atoms with Gasteiger partial charge in [0, 0.05) is 19.3 Å². The van der Waals surface area contributed by atoms with Crippen molar-refractivity contribution in [2.45, 2.75) is 425 Å². The molecule has 478 valence electrons. The second kappa shape index (κ2) is 70.4. The van der Waals surface area contributed by atoms with Crippen LogP contribution in [-0.4, -0.2) is 37.2 Å². The summed E-state index contributed by atoms with van der Waals surface area (Å²) < 4.78 is 17.0. The summed E-state index contributed by atoms with van der Waals surface area (Å²) in [5, 5.41) is 0. The van der Waals surface area contributed by atoms with Crippen LogP contribution in [0.3, 0.4) is 0 Å². The summed E-state index contributed by atoms with van der Waals surface area (Å²) in [6, 6.07) is 0. The van der Waals surface area contributed by atoms with Gasteiger partial charge >= 0.3 is 17.9 Å². The molecule has 0 aromatic rings. The van der Waals surface area contributed by atoms with Gasteiger partial charge in [0.1, 0.15) is 13.2 Å². The molecule has 0 aromatic heterocycles. The third kappa shape index (κ3) is 68.6. The Morgan fingerprint density at radius 1 is 0.235 bits per heavy atom. The first-order chi connectivity index (χ1) is 40.0. The van der Waals surface area contributed by atoms with Gasteiger partial charge in [-0.2, -0.15) is 0 Å². The number of hydrogen-bond donors (Lipinski definition) is 0. The first-order valence-corrected chi connectivity index (χ1v) is 36.8. The van der Waals surface area contributed by atoms with Crippen LogP contribution in [0.15, 0.2) is 24.3 Å². The average molecular weight is 1140 g/mol. The van der Waals surface area contributed by atoms with Crippen molar-refractivity contribution in [1.82, 2.24) is 0 Å². The smallest absolute Gasteiger partial charge is 0.306 e. The van der Waals surface area contributed by atoms with Crippen molar-refractivity contribution in [1.29, 1.82) is 0 Å². The largest absolute Gasteiger partial charge is 0.462 e. The Labute approximate surface area is 506 Å². The lowest BCUT2D eigenvalue weighted by Crippen LogP contribution is -2.30. The quantitative estimate of drug-likeness (QED) is 0.0261. The maximum Gasteiger partial charge on any atom is 0.306 e. The molecular formula is C75H142O6. The zero-order valence-electron chi connectivity index (χ0n) is 55.1. The van der Waals surface area contributed by atoms with Gasteiger partial charge in [0.2, 0.25) is 0 Å². The van der Waals surface area contributed by atoms with Crippen LogP contribution in [0.4, 0.5) is 0 Å². The van der Waals surface area contributed by atoms with Gasteiger partial charge in [0.25, 0.3) is 0 Å². The zero-order valence-corrected chi connectivity index (χ0v) is 55.1. The highest BCUT2D eigenvalue weighted by Crippen LogP contribution is 2.19. The van der Waals surface area contributed by atoms with Crippen molar-refractivity contribution in [3.05, 3.63) is 24.3 Å². The lowest BCUT2D eigenvalue weighted by Gasteiger charge is -2.18. The molecule has 0 radical (unpaired) electrons.